The average Bonchev–Trinajstić information content (AvgIpc) is 1.98. The fraction of sp³-hybridized carbons (Fsp3) is 0.455. The lowest BCUT2D eigenvalue weighted by Crippen LogP contribution is -2.06. The van der Waals surface area contributed by atoms with Gasteiger partial charge in [-0.2, -0.15) is 0 Å². The monoisotopic (exact) mass is 165 g/mol. The van der Waals surface area contributed by atoms with Crippen molar-refractivity contribution >= 4 is 0 Å². The minimum Gasteiger partial charge on any atom is -0.388 e. The van der Waals surface area contributed by atoms with E-state index in [0.717, 1.165) is 11.3 Å². The number of likely N-dealkylation sites (N-methyl/N-ethyl adjacent to an activating group) is 1. The summed E-state index contributed by atoms with van der Waals surface area (Å²) in [6.45, 7) is 12.2. The van der Waals surface area contributed by atoms with E-state index in [1.807, 2.05) is 14.0 Å². The molecule has 0 bridgehead atoms. The van der Waals surface area contributed by atoms with Crippen molar-refractivity contribution in [2.24, 2.45) is 0 Å². The lowest BCUT2D eigenvalue weighted by atomic mass is 10.1. The van der Waals surface area contributed by atoms with Crippen LogP contribution in [0.4, 0.5) is 0 Å². The molecule has 0 atom stereocenters. The van der Waals surface area contributed by atoms with Crippen LogP contribution in [-0.2, 0) is 0 Å². The van der Waals surface area contributed by atoms with E-state index in [4.69, 9.17) is 0 Å². The molecule has 1 nitrogen and oxygen atoms in total. The van der Waals surface area contributed by atoms with Gasteiger partial charge in [0.05, 0.1) is 0 Å². The first kappa shape index (κ1) is 11.0. The molecule has 0 aliphatic rings. The number of rotatable bonds is 3. The second-order valence-corrected chi connectivity index (χ2v) is 3.29. The molecule has 12 heavy (non-hydrogen) atoms. The Morgan fingerprint density at radius 2 is 1.67 bits per heavy atom. The highest BCUT2D eigenvalue weighted by molar-refractivity contribution is 5.35. The highest BCUT2D eigenvalue weighted by atomic mass is 14.8. The normalized spacial score (nSPS) is 11.8. The molecule has 0 aliphatic heterocycles. The molecule has 68 valence electrons. The van der Waals surface area contributed by atoms with Gasteiger partial charge in [-0.1, -0.05) is 17.7 Å². The summed E-state index contributed by atoms with van der Waals surface area (Å²) in [5, 5.41) is 3.16. The Morgan fingerprint density at radius 3 is 1.92 bits per heavy atom. The highest BCUT2D eigenvalue weighted by Crippen LogP contribution is 2.11. The number of hydrogen-bond acceptors (Lipinski definition) is 1. The van der Waals surface area contributed by atoms with Gasteiger partial charge in [0.15, 0.2) is 0 Å². The zero-order valence-corrected chi connectivity index (χ0v) is 8.78. The molecule has 1 heteroatoms. The lowest BCUT2D eigenvalue weighted by Gasteiger charge is -2.08. The SMILES string of the molecule is C=C(C)/C(C)=C(\C=C(C)C)NC. The Balaban J connectivity index is 4.87. The van der Waals surface area contributed by atoms with Gasteiger partial charge in [0.25, 0.3) is 0 Å². The molecule has 0 radical (unpaired) electrons. The first-order valence-corrected chi connectivity index (χ1v) is 4.18. The van der Waals surface area contributed by atoms with Crippen LogP contribution in [0.2, 0.25) is 0 Å². The Morgan fingerprint density at radius 1 is 1.17 bits per heavy atom. The number of nitrogens with one attached hydrogen (secondary N) is 1. The van der Waals surface area contributed by atoms with E-state index in [9.17, 15) is 0 Å². The maximum absolute atomic E-state index is 3.90. The van der Waals surface area contributed by atoms with E-state index in [0.29, 0.717) is 0 Å². The molecule has 0 heterocycles. The van der Waals surface area contributed by atoms with Crippen LogP contribution in [0.1, 0.15) is 27.7 Å². The second-order valence-electron chi connectivity index (χ2n) is 3.29. The summed E-state index contributed by atoms with van der Waals surface area (Å²) in [5.41, 5.74) is 4.78. The first-order chi connectivity index (χ1) is 5.49. The van der Waals surface area contributed by atoms with Gasteiger partial charge in [0, 0.05) is 12.7 Å². The van der Waals surface area contributed by atoms with E-state index in [2.05, 4.69) is 38.7 Å². The van der Waals surface area contributed by atoms with Crippen LogP contribution in [0.5, 0.6) is 0 Å². The smallest absolute Gasteiger partial charge is 0.0369 e. The van der Waals surface area contributed by atoms with E-state index in [-0.39, 0.29) is 0 Å². The highest BCUT2D eigenvalue weighted by Gasteiger charge is 1.97. The third-order valence-corrected chi connectivity index (χ3v) is 1.75. The molecule has 0 fully saturated rings. The van der Waals surface area contributed by atoms with Crippen molar-refractivity contribution in [2.45, 2.75) is 27.7 Å². The molecule has 0 aromatic rings. The Hall–Kier alpha value is -0.980. The van der Waals surface area contributed by atoms with Crippen LogP contribution in [0.15, 0.2) is 35.1 Å². The fourth-order valence-electron chi connectivity index (χ4n) is 0.886. The molecule has 0 amide bonds. The quantitative estimate of drug-likeness (QED) is 0.634. The molecule has 0 aromatic heterocycles. The Labute approximate surface area is 75.9 Å². The van der Waals surface area contributed by atoms with Crippen LogP contribution < -0.4 is 5.32 Å². The summed E-state index contributed by atoms with van der Waals surface area (Å²) in [6, 6.07) is 0. The van der Waals surface area contributed by atoms with Crippen LogP contribution in [0.3, 0.4) is 0 Å². The van der Waals surface area contributed by atoms with Gasteiger partial charge in [0.2, 0.25) is 0 Å². The summed E-state index contributed by atoms with van der Waals surface area (Å²) in [6.07, 6.45) is 2.13. The molecule has 0 saturated heterocycles. The van der Waals surface area contributed by atoms with Gasteiger partial charge in [-0.25, -0.2) is 0 Å². The van der Waals surface area contributed by atoms with Gasteiger partial charge in [-0.05, 0) is 39.3 Å². The van der Waals surface area contributed by atoms with E-state index in [1.54, 1.807) is 0 Å². The predicted molar refractivity (Wildman–Crippen MR) is 56.0 cm³/mol. The summed E-state index contributed by atoms with van der Waals surface area (Å²) in [7, 11) is 1.93. The summed E-state index contributed by atoms with van der Waals surface area (Å²) in [5.74, 6) is 0. The van der Waals surface area contributed by atoms with Crippen molar-refractivity contribution in [3.05, 3.63) is 35.1 Å². The van der Waals surface area contributed by atoms with Crippen LogP contribution in [0, 0.1) is 0 Å². The fourth-order valence-corrected chi connectivity index (χ4v) is 0.886. The molecule has 0 spiro atoms. The zero-order valence-electron chi connectivity index (χ0n) is 8.78. The van der Waals surface area contributed by atoms with Crippen molar-refractivity contribution in [1.82, 2.24) is 5.32 Å². The van der Waals surface area contributed by atoms with Crippen LogP contribution in [-0.4, -0.2) is 7.05 Å². The minimum atomic E-state index is 1.11. The average molecular weight is 165 g/mol. The maximum Gasteiger partial charge on any atom is 0.0369 e. The second kappa shape index (κ2) is 4.81. The molecule has 0 aromatic carbocycles. The van der Waals surface area contributed by atoms with Gasteiger partial charge in [-0.15, -0.1) is 0 Å². The van der Waals surface area contributed by atoms with Gasteiger partial charge < -0.3 is 5.32 Å². The molecule has 0 aliphatic carbocycles. The summed E-state index contributed by atoms with van der Waals surface area (Å²) >= 11 is 0. The molecular weight excluding hydrogens is 146 g/mol. The molecule has 0 rings (SSSR count). The van der Waals surface area contributed by atoms with E-state index in [1.165, 1.54) is 11.1 Å². The topological polar surface area (TPSA) is 12.0 Å². The van der Waals surface area contributed by atoms with E-state index >= 15 is 0 Å². The molecule has 1 N–H and O–H groups in total. The summed E-state index contributed by atoms with van der Waals surface area (Å²) < 4.78 is 0. The Bertz CT molecular complexity index is 227. The Kier molecular flexibility index (Phi) is 4.42. The standard InChI is InChI=1S/C11H19N/c1-8(2)7-11(12-6)10(5)9(3)4/h7,12H,3H2,1-2,4-6H3/b11-10+. The van der Waals surface area contributed by atoms with Gasteiger partial charge >= 0.3 is 0 Å². The van der Waals surface area contributed by atoms with Crippen molar-refractivity contribution in [3.63, 3.8) is 0 Å². The largest absolute Gasteiger partial charge is 0.388 e. The van der Waals surface area contributed by atoms with Crippen molar-refractivity contribution < 1.29 is 0 Å². The zero-order chi connectivity index (χ0) is 9.72. The minimum absolute atomic E-state index is 1.11. The molecule has 0 unspecified atom stereocenters. The molecular formula is C11H19N. The van der Waals surface area contributed by atoms with Crippen molar-refractivity contribution in [2.75, 3.05) is 7.05 Å². The van der Waals surface area contributed by atoms with Crippen molar-refractivity contribution in [3.8, 4) is 0 Å². The maximum atomic E-state index is 3.90. The summed E-state index contributed by atoms with van der Waals surface area (Å²) in [4.78, 5) is 0. The van der Waals surface area contributed by atoms with E-state index < -0.39 is 0 Å². The first-order valence-electron chi connectivity index (χ1n) is 4.18. The molecule has 0 saturated carbocycles. The lowest BCUT2D eigenvalue weighted by molar-refractivity contribution is 0.996. The third kappa shape index (κ3) is 3.42. The van der Waals surface area contributed by atoms with Crippen LogP contribution >= 0.6 is 0 Å². The van der Waals surface area contributed by atoms with Crippen molar-refractivity contribution in [1.29, 1.82) is 0 Å². The van der Waals surface area contributed by atoms with Gasteiger partial charge in [-0.3, -0.25) is 0 Å². The number of allylic oxidation sites excluding steroid dienone is 4. The number of hydrogen-bond donors (Lipinski definition) is 1. The van der Waals surface area contributed by atoms with Gasteiger partial charge in [0.1, 0.15) is 0 Å². The van der Waals surface area contributed by atoms with Crippen LogP contribution in [0.25, 0.3) is 0 Å². The third-order valence-electron chi connectivity index (χ3n) is 1.75. The predicted octanol–water partition coefficient (Wildman–Crippen LogP) is 3.02.